The summed E-state index contributed by atoms with van der Waals surface area (Å²) in [4.78, 5) is 10.8. The molecule has 1 aliphatic heterocycles. The number of piperidine rings is 1. The monoisotopic (exact) mass is 431 g/mol. The molecular weight excluding hydrogens is 401 g/mol. The lowest BCUT2D eigenvalue weighted by molar-refractivity contribution is 0.202. The van der Waals surface area contributed by atoms with E-state index in [2.05, 4.69) is 34.1 Å². The summed E-state index contributed by atoms with van der Waals surface area (Å²) in [7, 11) is 0. The van der Waals surface area contributed by atoms with Crippen LogP contribution < -0.4 is 4.74 Å². The molecule has 2 heterocycles. The lowest BCUT2D eigenvalue weighted by atomic mass is 9.96. The van der Waals surface area contributed by atoms with E-state index in [0.717, 1.165) is 55.1 Å². The molecule has 1 N–H and O–H groups in total. The van der Waals surface area contributed by atoms with Gasteiger partial charge in [0.1, 0.15) is 23.1 Å². The standard InChI is InChI=1S/C25H24FN3O.C2H6/c26-20-7-11-22(12-8-20)30-21-9-5-18(6-10-21)17-29-15-13-19(14-16-29)25-27-23-3-1-2-4-24(23)28-25;1-2/h1-12,19H,13-17H2,(H,27,28);1-2H3. The van der Waals surface area contributed by atoms with Crippen molar-refractivity contribution in [3.8, 4) is 11.5 Å². The van der Waals surface area contributed by atoms with Crippen LogP contribution in [-0.4, -0.2) is 28.0 Å². The number of rotatable bonds is 5. The van der Waals surface area contributed by atoms with Crippen molar-refractivity contribution in [2.24, 2.45) is 0 Å². The van der Waals surface area contributed by atoms with Crippen LogP contribution in [0.1, 0.15) is 44.0 Å². The molecule has 1 aliphatic rings. The number of hydrogen-bond donors (Lipinski definition) is 1. The first-order chi connectivity index (χ1) is 15.7. The van der Waals surface area contributed by atoms with E-state index in [0.29, 0.717) is 11.7 Å². The fraction of sp³-hybridized carbons (Fsp3) is 0.296. The lowest BCUT2D eigenvalue weighted by Gasteiger charge is -2.31. The summed E-state index contributed by atoms with van der Waals surface area (Å²) in [5, 5.41) is 0. The molecule has 5 heteroatoms. The van der Waals surface area contributed by atoms with Gasteiger partial charge in [0.15, 0.2) is 0 Å². The minimum atomic E-state index is -0.262. The van der Waals surface area contributed by atoms with Gasteiger partial charge >= 0.3 is 0 Å². The molecule has 4 aromatic rings. The molecule has 166 valence electrons. The fourth-order valence-corrected chi connectivity index (χ4v) is 4.09. The van der Waals surface area contributed by atoms with E-state index in [-0.39, 0.29) is 5.82 Å². The number of aromatic amines is 1. The highest BCUT2D eigenvalue weighted by Crippen LogP contribution is 2.29. The van der Waals surface area contributed by atoms with Gasteiger partial charge in [-0.2, -0.15) is 0 Å². The highest BCUT2D eigenvalue weighted by Gasteiger charge is 2.23. The second-order valence-corrected chi connectivity index (χ2v) is 7.89. The summed E-state index contributed by atoms with van der Waals surface area (Å²) in [6, 6.07) is 22.4. The first kappa shape index (κ1) is 22.0. The van der Waals surface area contributed by atoms with Gasteiger partial charge in [0.2, 0.25) is 0 Å². The maximum atomic E-state index is 13.0. The van der Waals surface area contributed by atoms with E-state index in [1.807, 2.05) is 38.1 Å². The van der Waals surface area contributed by atoms with E-state index < -0.39 is 0 Å². The van der Waals surface area contributed by atoms with Crippen molar-refractivity contribution < 1.29 is 9.13 Å². The molecule has 0 saturated carbocycles. The van der Waals surface area contributed by atoms with Crippen LogP contribution in [0, 0.1) is 5.82 Å². The highest BCUT2D eigenvalue weighted by molar-refractivity contribution is 5.74. The van der Waals surface area contributed by atoms with E-state index in [1.54, 1.807) is 12.1 Å². The number of H-pyrrole nitrogens is 1. The number of ether oxygens (including phenoxy) is 1. The zero-order valence-electron chi connectivity index (χ0n) is 18.7. The topological polar surface area (TPSA) is 41.1 Å². The number of fused-ring (bicyclic) bond motifs is 1. The van der Waals surface area contributed by atoms with Crippen LogP contribution >= 0.6 is 0 Å². The third kappa shape index (κ3) is 5.35. The van der Waals surface area contributed by atoms with Gasteiger partial charge in [-0.05, 0) is 80.0 Å². The minimum absolute atomic E-state index is 0.262. The van der Waals surface area contributed by atoms with E-state index in [4.69, 9.17) is 9.72 Å². The van der Waals surface area contributed by atoms with Crippen LogP contribution in [0.3, 0.4) is 0 Å². The van der Waals surface area contributed by atoms with Crippen molar-refractivity contribution in [1.29, 1.82) is 0 Å². The molecule has 1 aromatic heterocycles. The third-order valence-electron chi connectivity index (χ3n) is 5.76. The zero-order chi connectivity index (χ0) is 22.3. The predicted octanol–water partition coefficient (Wildman–Crippen LogP) is 6.90. The van der Waals surface area contributed by atoms with Crippen LogP contribution in [0.4, 0.5) is 4.39 Å². The quantitative estimate of drug-likeness (QED) is 0.374. The Kier molecular flexibility index (Phi) is 7.17. The Hall–Kier alpha value is -3.18. The summed E-state index contributed by atoms with van der Waals surface area (Å²) in [6.45, 7) is 7.06. The van der Waals surface area contributed by atoms with Gasteiger partial charge in [-0.25, -0.2) is 9.37 Å². The molecule has 0 atom stereocenters. The van der Waals surface area contributed by atoms with E-state index >= 15 is 0 Å². The number of hydrogen-bond acceptors (Lipinski definition) is 3. The third-order valence-corrected chi connectivity index (χ3v) is 5.76. The van der Waals surface area contributed by atoms with Crippen LogP contribution in [0.15, 0.2) is 72.8 Å². The predicted molar refractivity (Wildman–Crippen MR) is 128 cm³/mol. The van der Waals surface area contributed by atoms with Gasteiger partial charge in [-0.3, -0.25) is 4.90 Å². The summed E-state index contributed by atoms with van der Waals surface area (Å²) >= 11 is 0. The molecule has 0 spiro atoms. The molecule has 3 aromatic carbocycles. The molecule has 0 unspecified atom stereocenters. The number of imidazole rings is 1. The Morgan fingerprint density at radius 1 is 0.906 bits per heavy atom. The van der Waals surface area contributed by atoms with Crippen LogP contribution in [0.2, 0.25) is 0 Å². The minimum Gasteiger partial charge on any atom is -0.457 e. The Balaban J connectivity index is 0.00000119. The molecule has 32 heavy (non-hydrogen) atoms. The molecule has 0 bridgehead atoms. The van der Waals surface area contributed by atoms with Crippen molar-refractivity contribution in [2.45, 2.75) is 39.2 Å². The number of para-hydroxylation sites is 2. The van der Waals surface area contributed by atoms with E-state index in [1.165, 1.54) is 17.7 Å². The highest BCUT2D eigenvalue weighted by atomic mass is 19.1. The number of aromatic nitrogens is 2. The number of likely N-dealkylation sites (tertiary alicyclic amines) is 1. The Morgan fingerprint density at radius 3 is 2.19 bits per heavy atom. The molecule has 1 fully saturated rings. The fourth-order valence-electron chi connectivity index (χ4n) is 4.09. The zero-order valence-corrected chi connectivity index (χ0v) is 18.7. The van der Waals surface area contributed by atoms with Gasteiger partial charge in [-0.1, -0.05) is 38.1 Å². The molecule has 0 aliphatic carbocycles. The summed E-state index contributed by atoms with van der Waals surface area (Å²) in [5.41, 5.74) is 3.44. The van der Waals surface area contributed by atoms with Crippen molar-refractivity contribution in [1.82, 2.24) is 14.9 Å². The number of halogens is 1. The normalized spacial score (nSPS) is 14.7. The largest absolute Gasteiger partial charge is 0.457 e. The van der Waals surface area contributed by atoms with Crippen LogP contribution in [0.25, 0.3) is 11.0 Å². The van der Waals surface area contributed by atoms with Gasteiger partial charge < -0.3 is 9.72 Å². The Bertz CT molecular complexity index is 1080. The molecule has 0 radical (unpaired) electrons. The Labute approximate surface area is 189 Å². The molecular formula is C27H30FN3O. The molecule has 0 amide bonds. The average Bonchev–Trinajstić information content (AvgIpc) is 3.28. The first-order valence-electron chi connectivity index (χ1n) is 11.4. The summed E-state index contributed by atoms with van der Waals surface area (Å²) in [6.07, 6.45) is 2.23. The average molecular weight is 432 g/mol. The first-order valence-corrected chi connectivity index (χ1v) is 11.4. The van der Waals surface area contributed by atoms with Gasteiger partial charge in [-0.15, -0.1) is 0 Å². The maximum absolute atomic E-state index is 13.0. The molecule has 1 saturated heterocycles. The van der Waals surface area contributed by atoms with Crippen molar-refractivity contribution in [3.05, 3.63) is 90.0 Å². The SMILES string of the molecule is CC.Fc1ccc(Oc2ccc(CN3CCC(c4nc5ccccc5[nH]4)CC3)cc2)cc1. The number of benzene rings is 3. The van der Waals surface area contributed by atoms with Crippen molar-refractivity contribution >= 4 is 11.0 Å². The molecule has 4 nitrogen and oxygen atoms in total. The summed E-state index contributed by atoms with van der Waals surface area (Å²) < 4.78 is 18.8. The van der Waals surface area contributed by atoms with Gasteiger partial charge in [0, 0.05) is 12.5 Å². The van der Waals surface area contributed by atoms with Gasteiger partial charge in [0.05, 0.1) is 11.0 Å². The second-order valence-electron chi connectivity index (χ2n) is 7.89. The molecule has 5 rings (SSSR count). The second kappa shape index (κ2) is 10.4. The van der Waals surface area contributed by atoms with Crippen molar-refractivity contribution in [3.63, 3.8) is 0 Å². The maximum Gasteiger partial charge on any atom is 0.127 e. The van der Waals surface area contributed by atoms with Crippen LogP contribution in [-0.2, 0) is 6.54 Å². The number of nitrogens with zero attached hydrogens (tertiary/aromatic N) is 2. The Morgan fingerprint density at radius 2 is 1.53 bits per heavy atom. The van der Waals surface area contributed by atoms with Gasteiger partial charge in [0.25, 0.3) is 0 Å². The lowest BCUT2D eigenvalue weighted by Crippen LogP contribution is -2.32. The number of nitrogens with one attached hydrogen (secondary N) is 1. The van der Waals surface area contributed by atoms with Crippen molar-refractivity contribution in [2.75, 3.05) is 13.1 Å². The summed E-state index contributed by atoms with van der Waals surface area (Å²) in [5.74, 6) is 2.76. The van der Waals surface area contributed by atoms with E-state index in [9.17, 15) is 4.39 Å². The smallest absolute Gasteiger partial charge is 0.127 e. The van der Waals surface area contributed by atoms with Crippen LogP contribution in [0.5, 0.6) is 11.5 Å².